The van der Waals surface area contributed by atoms with Crippen molar-refractivity contribution in [3.05, 3.63) is 40.3 Å². The average Bonchev–Trinajstić information content (AvgIpc) is 2.91. The van der Waals surface area contributed by atoms with Gasteiger partial charge in [0.25, 0.3) is 0 Å². The number of aryl methyl sites for hydroxylation is 1. The van der Waals surface area contributed by atoms with Gasteiger partial charge in [-0.15, -0.1) is 11.3 Å². The molecule has 0 spiro atoms. The van der Waals surface area contributed by atoms with Crippen molar-refractivity contribution in [2.45, 2.75) is 20.4 Å². The Morgan fingerprint density at radius 3 is 2.76 bits per heavy atom. The van der Waals surface area contributed by atoms with Crippen LogP contribution in [0.5, 0.6) is 0 Å². The molecular formula is C15H17N5S. The number of hydrogen-bond donors (Lipinski definition) is 2. The quantitative estimate of drug-likeness (QED) is 0.755. The highest BCUT2D eigenvalue weighted by atomic mass is 32.1. The highest BCUT2D eigenvalue weighted by molar-refractivity contribution is 7.11. The van der Waals surface area contributed by atoms with Crippen LogP contribution in [0.4, 0.5) is 11.8 Å². The van der Waals surface area contributed by atoms with E-state index >= 15 is 0 Å². The number of para-hydroxylation sites is 1. The molecule has 0 saturated carbocycles. The molecule has 21 heavy (non-hydrogen) atoms. The van der Waals surface area contributed by atoms with Gasteiger partial charge in [0.15, 0.2) is 0 Å². The molecule has 3 rings (SSSR count). The minimum atomic E-state index is 0.652. The molecular weight excluding hydrogens is 282 g/mol. The van der Waals surface area contributed by atoms with Gasteiger partial charge in [-0.1, -0.05) is 12.1 Å². The first-order valence-electron chi connectivity index (χ1n) is 6.92. The topological polar surface area (TPSA) is 62.7 Å². The van der Waals surface area contributed by atoms with Crippen molar-refractivity contribution >= 4 is 34.0 Å². The normalized spacial score (nSPS) is 10.8. The first-order chi connectivity index (χ1) is 10.3. The largest absolute Gasteiger partial charge is 0.364 e. The monoisotopic (exact) mass is 299 g/mol. The summed E-state index contributed by atoms with van der Waals surface area (Å²) >= 11 is 1.69. The highest BCUT2D eigenvalue weighted by Gasteiger charge is 2.07. The molecule has 6 heteroatoms. The Balaban J connectivity index is 1.91. The third kappa shape index (κ3) is 3.11. The molecule has 2 aromatic heterocycles. The molecule has 0 saturated heterocycles. The molecule has 0 aliphatic heterocycles. The van der Waals surface area contributed by atoms with Gasteiger partial charge in [-0.2, -0.15) is 4.98 Å². The summed E-state index contributed by atoms with van der Waals surface area (Å²) in [6.07, 6.45) is 1.90. The van der Waals surface area contributed by atoms with Crippen LogP contribution >= 0.6 is 11.3 Å². The number of fused-ring (bicyclic) bond motifs is 1. The molecule has 5 nitrogen and oxygen atoms in total. The fraction of sp³-hybridized carbons (Fsp3) is 0.267. The SMILES string of the molecule is CCNc1nc(NCc2cnc(C)s2)c2ccccc2n1. The average molecular weight is 299 g/mol. The fourth-order valence-electron chi connectivity index (χ4n) is 2.11. The maximum atomic E-state index is 4.56. The Labute approximate surface area is 127 Å². The number of hydrogen-bond acceptors (Lipinski definition) is 6. The van der Waals surface area contributed by atoms with Crippen LogP contribution in [0, 0.1) is 6.92 Å². The molecule has 0 atom stereocenters. The molecule has 3 aromatic rings. The Kier molecular flexibility index (Phi) is 3.96. The predicted octanol–water partition coefficient (Wildman–Crippen LogP) is 3.44. The number of nitrogens with one attached hydrogen (secondary N) is 2. The maximum absolute atomic E-state index is 4.56. The Hall–Kier alpha value is -2.21. The third-order valence-electron chi connectivity index (χ3n) is 3.04. The molecule has 2 N–H and O–H groups in total. The van der Waals surface area contributed by atoms with E-state index in [1.807, 2.05) is 44.3 Å². The van der Waals surface area contributed by atoms with E-state index in [0.717, 1.165) is 34.8 Å². The van der Waals surface area contributed by atoms with Gasteiger partial charge in [0, 0.05) is 23.0 Å². The van der Waals surface area contributed by atoms with Crippen LogP contribution in [0.25, 0.3) is 10.9 Å². The lowest BCUT2D eigenvalue weighted by Crippen LogP contribution is -2.07. The van der Waals surface area contributed by atoms with E-state index in [9.17, 15) is 0 Å². The van der Waals surface area contributed by atoms with Crippen LogP contribution in [0.15, 0.2) is 30.5 Å². The molecule has 0 bridgehead atoms. The van der Waals surface area contributed by atoms with Gasteiger partial charge in [-0.3, -0.25) is 0 Å². The van der Waals surface area contributed by atoms with Crippen LogP contribution in [0.2, 0.25) is 0 Å². The zero-order chi connectivity index (χ0) is 14.7. The summed E-state index contributed by atoms with van der Waals surface area (Å²) in [6.45, 7) is 5.56. The van der Waals surface area contributed by atoms with E-state index in [2.05, 4.69) is 25.6 Å². The van der Waals surface area contributed by atoms with Crippen molar-refractivity contribution in [1.82, 2.24) is 15.0 Å². The molecule has 2 heterocycles. The summed E-state index contributed by atoms with van der Waals surface area (Å²) in [4.78, 5) is 14.5. The minimum absolute atomic E-state index is 0.652. The molecule has 0 unspecified atom stereocenters. The van der Waals surface area contributed by atoms with E-state index in [-0.39, 0.29) is 0 Å². The zero-order valence-corrected chi connectivity index (χ0v) is 12.9. The van der Waals surface area contributed by atoms with Gasteiger partial charge in [0.05, 0.1) is 17.1 Å². The maximum Gasteiger partial charge on any atom is 0.225 e. The third-order valence-corrected chi connectivity index (χ3v) is 3.95. The van der Waals surface area contributed by atoms with Gasteiger partial charge in [-0.25, -0.2) is 9.97 Å². The van der Waals surface area contributed by atoms with Crippen molar-refractivity contribution < 1.29 is 0 Å². The summed E-state index contributed by atoms with van der Waals surface area (Å²) in [5.74, 6) is 1.50. The van der Waals surface area contributed by atoms with Gasteiger partial charge >= 0.3 is 0 Å². The lowest BCUT2D eigenvalue weighted by molar-refractivity contribution is 1.08. The van der Waals surface area contributed by atoms with Crippen LogP contribution in [-0.2, 0) is 6.54 Å². The van der Waals surface area contributed by atoms with Gasteiger partial charge in [-0.05, 0) is 26.0 Å². The lowest BCUT2D eigenvalue weighted by Gasteiger charge is -2.10. The van der Waals surface area contributed by atoms with Gasteiger partial charge < -0.3 is 10.6 Å². The van der Waals surface area contributed by atoms with Crippen molar-refractivity contribution in [3.8, 4) is 0 Å². The number of nitrogens with zero attached hydrogens (tertiary/aromatic N) is 3. The summed E-state index contributed by atoms with van der Waals surface area (Å²) in [5.41, 5.74) is 0.937. The number of benzene rings is 1. The van der Waals surface area contributed by atoms with E-state index in [1.165, 1.54) is 4.88 Å². The first-order valence-corrected chi connectivity index (χ1v) is 7.73. The molecule has 0 aliphatic carbocycles. The Morgan fingerprint density at radius 2 is 2.00 bits per heavy atom. The summed E-state index contributed by atoms with van der Waals surface area (Å²) in [6, 6.07) is 8.02. The second-order valence-electron chi connectivity index (χ2n) is 4.64. The second kappa shape index (κ2) is 6.05. The first kappa shape index (κ1) is 13.8. The highest BCUT2D eigenvalue weighted by Crippen LogP contribution is 2.23. The van der Waals surface area contributed by atoms with E-state index in [0.29, 0.717) is 5.95 Å². The Morgan fingerprint density at radius 1 is 1.14 bits per heavy atom. The number of rotatable bonds is 5. The number of thiazole rings is 1. The summed E-state index contributed by atoms with van der Waals surface area (Å²) in [5, 5.41) is 8.67. The molecule has 108 valence electrons. The number of anilines is 2. The predicted molar refractivity (Wildman–Crippen MR) is 87.9 cm³/mol. The van der Waals surface area contributed by atoms with E-state index in [1.54, 1.807) is 11.3 Å². The number of aromatic nitrogens is 3. The Bertz CT molecular complexity index is 753. The fourth-order valence-corrected chi connectivity index (χ4v) is 2.84. The smallest absolute Gasteiger partial charge is 0.225 e. The summed E-state index contributed by atoms with van der Waals surface area (Å²) in [7, 11) is 0. The molecule has 1 aromatic carbocycles. The van der Waals surface area contributed by atoms with Crippen molar-refractivity contribution in [2.75, 3.05) is 17.2 Å². The second-order valence-corrected chi connectivity index (χ2v) is 5.96. The summed E-state index contributed by atoms with van der Waals surface area (Å²) < 4.78 is 0. The van der Waals surface area contributed by atoms with Crippen molar-refractivity contribution in [1.29, 1.82) is 0 Å². The van der Waals surface area contributed by atoms with E-state index < -0.39 is 0 Å². The lowest BCUT2D eigenvalue weighted by atomic mass is 10.2. The molecule has 0 amide bonds. The van der Waals surface area contributed by atoms with Crippen LogP contribution < -0.4 is 10.6 Å². The molecule has 0 radical (unpaired) electrons. The van der Waals surface area contributed by atoms with Crippen LogP contribution in [0.1, 0.15) is 16.8 Å². The molecule has 0 aliphatic rings. The van der Waals surface area contributed by atoms with Crippen molar-refractivity contribution in [2.24, 2.45) is 0 Å². The van der Waals surface area contributed by atoms with Crippen LogP contribution in [0.3, 0.4) is 0 Å². The zero-order valence-electron chi connectivity index (χ0n) is 12.1. The van der Waals surface area contributed by atoms with Crippen molar-refractivity contribution in [3.63, 3.8) is 0 Å². The van der Waals surface area contributed by atoms with Crippen LogP contribution in [-0.4, -0.2) is 21.5 Å². The molecule has 0 fully saturated rings. The van der Waals surface area contributed by atoms with Gasteiger partial charge in [0.1, 0.15) is 5.82 Å². The van der Waals surface area contributed by atoms with Gasteiger partial charge in [0.2, 0.25) is 5.95 Å². The standard InChI is InChI=1S/C15H17N5S/c1-3-16-15-19-13-7-5-4-6-12(13)14(20-15)18-9-11-8-17-10(2)21-11/h4-8H,3,9H2,1-2H3,(H2,16,18,19,20). The van der Waals surface area contributed by atoms with E-state index in [4.69, 9.17) is 0 Å². The minimum Gasteiger partial charge on any atom is -0.364 e.